The van der Waals surface area contributed by atoms with Crippen molar-refractivity contribution in [1.29, 1.82) is 0 Å². The number of carbonyl (C=O) groups excluding carboxylic acids is 1. The second-order valence-corrected chi connectivity index (χ2v) is 4.18. The summed E-state index contributed by atoms with van der Waals surface area (Å²) in [5.74, 6) is -0.0507. The van der Waals surface area contributed by atoms with E-state index in [0.717, 1.165) is 19.3 Å². The molecule has 0 heterocycles. The third-order valence-corrected chi connectivity index (χ3v) is 2.78. The molecule has 0 aliphatic heterocycles. The Morgan fingerprint density at radius 3 is 2.81 bits per heavy atom. The van der Waals surface area contributed by atoms with E-state index in [9.17, 15) is 4.79 Å². The Bertz CT molecular complexity index is 264. The topological polar surface area (TPSA) is 26.3 Å². The number of unbranched alkanes of at least 4 members (excludes halogenated alkanes) is 3. The summed E-state index contributed by atoms with van der Waals surface area (Å²) in [7, 11) is 0. The summed E-state index contributed by atoms with van der Waals surface area (Å²) >= 11 is 0. The van der Waals surface area contributed by atoms with Crippen LogP contribution < -0.4 is 0 Å². The lowest BCUT2D eigenvalue weighted by Gasteiger charge is -2.03. The van der Waals surface area contributed by atoms with Crippen molar-refractivity contribution in [2.75, 3.05) is 6.61 Å². The van der Waals surface area contributed by atoms with Gasteiger partial charge in [0.25, 0.3) is 0 Å². The van der Waals surface area contributed by atoms with Gasteiger partial charge in [-0.15, -0.1) is 0 Å². The van der Waals surface area contributed by atoms with E-state index >= 15 is 0 Å². The van der Waals surface area contributed by atoms with Crippen LogP contribution in [0.1, 0.15) is 51.9 Å². The van der Waals surface area contributed by atoms with E-state index in [1.54, 1.807) is 5.57 Å². The first-order valence-electron chi connectivity index (χ1n) is 6.33. The molecule has 1 aliphatic rings. The summed E-state index contributed by atoms with van der Waals surface area (Å²) in [4.78, 5) is 11.0. The number of ether oxygens (including phenoxy) is 1. The van der Waals surface area contributed by atoms with Crippen LogP contribution in [-0.4, -0.2) is 12.6 Å². The highest BCUT2D eigenvalue weighted by atomic mass is 16.5. The number of hydrogen-bond donors (Lipinski definition) is 0. The normalized spacial score (nSPS) is 13.9. The van der Waals surface area contributed by atoms with E-state index < -0.39 is 0 Å². The number of esters is 1. The quantitative estimate of drug-likeness (QED) is 0.461. The Labute approximate surface area is 98.4 Å². The summed E-state index contributed by atoms with van der Waals surface area (Å²) in [5.41, 5.74) is 1.55. The molecule has 1 aliphatic carbocycles. The Balaban J connectivity index is 1.86. The molecule has 0 aromatic rings. The molecule has 2 nitrogen and oxygen atoms in total. The minimum atomic E-state index is -0.0507. The van der Waals surface area contributed by atoms with Crippen LogP contribution in [0.25, 0.3) is 0 Å². The molecule has 0 radical (unpaired) electrons. The Morgan fingerprint density at radius 2 is 2.12 bits per heavy atom. The van der Waals surface area contributed by atoms with Crippen molar-refractivity contribution in [2.24, 2.45) is 0 Å². The molecule has 0 bridgehead atoms. The Morgan fingerprint density at radius 1 is 1.31 bits per heavy atom. The molecule has 1 rings (SSSR count). The fourth-order valence-corrected chi connectivity index (χ4v) is 1.89. The van der Waals surface area contributed by atoms with Crippen molar-refractivity contribution in [3.8, 4) is 0 Å². The molecule has 0 saturated heterocycles. The number of rotatable bonds is 8. The summed E-state index contributed by atoms with van der Waals surface area (Å²) < 4.78 is 4.87. The second kappa shape index (κ2) is 8.14. The minimum Gasteiger partial charge on any atom is -0.466 e. The molecule has 90 valence electrons. The van der Waals surface area contributed by atoms with Gasteiger partial charge in [0.05, 0.1) is 6.61 Å². The smallest absolute Gasteiger partial charge is 0.305 e. The first-order valence-corrected chi connectivity index (χ1v) is 6.33. The van der Waals surface area contributed by atoms with Crippen LogP contribution in [0.5, 0.6) is 0 Å². The van der Waals surface area contributed by atoms with Gasteiger partial charge in [0.1, 0.15) is 0 Å². The fourth-order valence-electron chi connectivity index (χ4n) is 1.89. The van der Waals surface area contributed by atoms with Gasteiger partial charge in [0.2, 0.25) is 0 Å². The third-order valence-electron chi connectivity index (χ3n) is 2.78. The molecule has 0 saturated carbocycles. The van der Waals surface area contributed by atoms with Crippen molar-refractivity contribution >= 4 is 5.97 Å². The van der Waals surface area contributed by atoms with Gasteiger partial charge in [-0.2, -0.15) is 0 Å². The minimum absolute atomic E-state index is 0.0507. The molecule has 0 spiro atoms. The monoisotopic (exact) mass is 222 g/mol. The SMILES string of the molecule is CCOC(=O)CCCCCCC1=CC=CC1. The number of allylic oxidation sites excluding steroid dienone is 4. The molecule has 0 N–H and O–H groups in total. The highest BCUT2D eigenvalue weighted by Crippen LogP contribution is 2.18. The molecule has 0 amide bonds. The van der Waals surface area contributed by atoms with Crippen LogP contribution in [0.2, 0.25) is 0 Å². The van der Waals surface area contributed by atoms with Gasteiger partial charge in [-0.3, -0.25) is 4.79 Å². The zero-order valence-corrected chi connectivity index (χ0v) is 10.2. The first-order chi connectivity index (χ1) is 7.83. The maximum Gasteiger partial charge on any atom is 0.305 e. The third kappa shape index (κ3) is 5.74. The van der Waals surface area contributed by atoms with Crippen LogP contribution in [0.3, 0.4) is 0 Å². The summed E-state index contributed by atoms with van der Waals surface area (Å²) in [6, 6.07) is 0. The zero-order chi connectivity index (χ0) is 11.6. The molecule has 0 fully saturated rings. The van der Waals surface area contributed by atoms with Gasteiger partial charge in [-0.05, 0) is 32.6 Å². The molecule has 0 unspecified atom stereocenters. The standard InChI is InChI=1S/C14H22O2/c1-2-16-14(15)12-6-4-3-5-9-13-10-7-8-11-13/h7-8,10H,2-6,9,11-12H2,1H3. The fraction of sp³-hybridized carbons (Fsp3) is 0.643. The van der Waals surface area contributed by atoms with E-state index in [4.69, 9.17) is 4.74 Å². The lowest BCUT2D eigenvalue weighted by Crippen LogP contribution is -2.03. The van der Waals surface area contributed by atoms with Crippen molar-refractivity contribution < 1.29 is 9.53 Å². The Hall–Kier alpha value is -1.05. The second-order valence-electron chi connectivity index (χ2n) is 4.18. The van der Waals surface area contributed by atoms with E-state index in [1.165, 1.54) is 19.3 Å². The molecular formula is C14H22O2. The van der Waals surface area contributed by atoms with Crippen LogP contribution in [0.4, 0.5) is 0 Å². The predicted molar refractivity (Wildman–Crippen MR) is 66.2 cm³/mol. The summed E-state index contributed by atoms with van der Waals surface area (Å²) in [6.07, 6.45) is 14.1. The van der Waals surface area contributed by atoms with Crippen LogP contribution in [-0.2, 0) is 9.53 Å². The molecular weight excluding hydrogens is 200 g/mol. The van der Waals surface area contributed by atoms with Crippen molar-refractivity contribution in [3.05, 3.63) is 23.8 Å². The molecule has 2 heteroatoms. The van der Waals surface area contributed by atoms with Crippen LogP contribution in [0, 0.1) is 0 Å². The maximum atomic E-state index is 11.0. The van der Waals surface area contributed by atoms with Crippen molar-refractivity contribution in [1.82, 2.24) is 0 Å². The average Bonchev–Trinajstić information content (AvgIpc) is 2.76. The predicted octanol–water partition coefficient (Wildman–Crippen LogP) is 3.78. The molecule has 0 atom stereocenters. The van der Waals surface area contributed by atoms with Gasteiger partial charge < -0.3 is 4.74 Å². The largest absolute Gasteiger partial charge is 0.466 e. The summed E-state index contributed by atoms with van der Waals surface area (Å²) in [5, 5.41) is 0. The molecule has 0 aromatic carbocycles. The van der Waals surface area contributed by atoms with Gasteiger partial charge in [0, 0.05) is 6.42 Å². The van der Waals surface area contributed by atoms with Gasteiger partial charge in [-0.25, -0.2) is 0 Å². The van der Waals surface area contributed by atoms with E-state index in [2.05, 4.69) is 18.2 Å². The van der Waals surface area contributed by atoms with Crippen molar-refractivity contribution in [2.45, 2.75) is 51.9 Å². The van der Waals surface area contributed by atoms with Crippen LogP contribution in [0.15, 0.2) is 23.8 Å². The van der Waals surface area contributed by atoms with Gasteiger partial charge in [0.15, 0.2) is 0 Å². The highest BCUT2D eigenvalue weighted by Gasteiger charge is 2.02. The average molecular weight is 222 g/mol. The van der Waals surface area contributed by atoms with E-state index in [1.807, 2.05) is 6.92 Å². The zero-order valence-electron chi connectivity index (χ0n) is 10.2. The lowest BCUT2D eigenvalue weighted by atomic mass is 10.1. The van der Waals surface area contributed by atoms with Crippen molar-refractivity contribution in [3.63, 3.8) is 0 Å². The van der Waals surface area contributed by atoms with Gasteiger partial charge in [-0.1, -0.05) is 36.6 Å². The number of hydrogen-bond acceptors (Lipinski definition) is 2. The van der Waals surface area contributed by atoms with Gasteiger partial charge >= 0.3 is 5.97 Å². The molecule has 16 heavy (non-hydrogen) atoms. The summed E-state index contributed by atoms with van der Waals surface area (Å²) in [6.45, 7) is 2.35. The highest BCUT2D eigenvalue weighted by molar-refractivity contribution is 5.69. The molecule has 0 aromatic heterocycles. The van der Waals surface area contributed by atoms with E-state index in [-0.39, 0.29) is 5.97 Å². The maximum absolute atomic E-state index is 11.0. The number of carbonyl (C=O) groups is 1. The van der Waals surface area contributed by atoms with Crippen LogP contribution >= 0.6 is 0 Å². The Kier molecular flexibility index (Phi) is 6.62. The first kappa shape index (κ1) is 13.0. The van der Waals surface area contributed by atoms with E-state index in [0.29, 0.717) is 13.0 Å². The lowest BCUT2D eigenvalue weighted by molar-refractivity contribution is -0.143.